The van der Waals surface area contributed by atoms with Crippen LogP contribution < -0.4 is 11.3 Å². The number of aromatic amines is 1. The van der Waals surface area contributed by atoms with E-state index in [1.165, 1.54) is 12.3 Å². The minimum Gasteiger partial charge on any atom is -0.326 e. The molecule has 0 fully saturated rings. The summed E-state index contributed by atoms with van der Waals surface area (Å²) >= 11 is 0. The molecule has 1 rings (SSSR count). The van der Waals surface area contributed by atoms with E-state index in [0.29, 0.717) is 6.54 Å². The SMILES string of the molecule is NCc1cn[nH]c(=O)c1. The van der Waals surface area contributed by atoms with Crippen molar-refractivity contribution < 1.29 is 0 Å². The molecule has 0 aliphatic carbocycles. The fourth-order valence-electron chi connectivity index (χ4n) is 0.528. The van der Waals surface area contributed by atoms with Crippen LogP contribution in [0.25, 0.3) is 0 Å². The molecule has 0 aromatic carbocycles. The molecule has 0 unspecified atom stereocenters. The Labute approximate surface area is 51.7 Å². The number of hydrogen-bond donors (Lipinski definition) is 2. The first kappa shape index (κ1) is 5.97. The predicted molar refractivity (Wildman–Crippen MR) is 32.7 cm³/mol. The Morgan fingerprint density at radius 3 is 3.00 bits per heavy atom. The van der Waals surface area contributed by atoms with E-state index in [2.05, 4.69) is 10.2 Å². The lowest BCUT2D eigenvalue weighted by Crippen LogP contribution is -2.09. The van der Waals surface area contributed by atoms with Crippen LogP contribution in [0, 0.1) is 0 Å². The van der Waals surface area contributed by atoms with Crippen LogP contribution in [0.5, 0.6) is 0 Å². The van der Waals surface area contributed by atoms with Gasteiger partial charge in [-0.15, -0.1) is 0 Å². The van der Waals surface area contributed by atoms with E-state index in [1.54, 1.807) is 0 Å². The van der Waals surface area contributed by atoms with Gasteiger partial charge in [0, 0.05) is 12.6 Å². The zero-order valence-corrected chi connectivity index (χ0v) is 4.79. The van der Waals surface area contributed by atoms with Gasteiger partial charge < -0.3 is 5.73 Å². The summed E-state index contributed by atoms with van der Waals surface area (Å²) in [5, 5.41) is 5.78. The lowest BCUT2D eigenvalue weighted by molar-refractivity contribution is 0.936. The average Bonchev–Trinajstić information content (AvgIpc) is 1.88. The fourth-order valence-corrected chi connectivity index (χ4v) is 0.528. The predicted octanol–water partition coefficient (Wildman–Crippen LogP) is -0.771. The maximum Gasteiger partial charge on any atom is 0.264 e. The van der Waals surface area contributed by atoms with Gasteiger partial charge in [0.05, 0.1) is 6.20 Å². The molecule has 0 atom stereocenters. The zero-order chi connectivity index (χ0) is 6.69. The van der Waals surface area contributed by atoms with Crippen molar-refractivity contribution in [2.45, 2.75) is 6.54 Å². The highest BCUT2D eigenvalue weighted by Gasteiger charge is 1.87. The van der Waals surface area contributed by atoms with Crippen molar-refractivity contribution in [1.29, 1.82) is 0 Å². The highest BCUT2D eigenvalue weighted by atomic mass is 16.1. The highest BCUT2D eigenvalue weighted by Crippen LogP contribution is 1.84. The quantitative estimate of drug-likeness (QED) is 0.517. The lowest BCUT2D eigenvalue weighted by Gasteiger charge is -1.89. The Morgan fingerprint density at radius 1 is 1.78 bits per heavy atom. The number of rotatable bonds is 1. The number of hydrogen-bond acceptors (Lipinski definition) is 3. The van der Waals surface area contributed by atoms with Crippen molar-refractivity contribution in [2.24, 2.45) is 5.73 Å². The second-order valence-corrected chi connectivity index (χ2v) is 1.66. The molecule has 0 saturated heterocycles. The third-order valence-corrected chi connectivity index (χ3v) is 0.957. The standard InChI is InChI=1S/C5H7N3O/c6-2-4-1-5(9)8-7-3-4/h1,3H,2,6H2,(H,8,9). The highest BCUT2D eigenvalue weighted by molar-refractivity contribution is 5.03. The van der Waals surface area contributed by atoms with Crippen molar-refractivity contribution >= 4 is 0 Å². The van der Waals surface area contributed by atoms with Gasteiger partial charge in [0.1, 0.15) is 0 Å². The van der Waals surface area contributed by atoms with Crippen LogP contribution in [0.15, 0.2) is 17.1 Å². The summed E-state index contributed by atoms with van der Waals surface area (Å²) in [5.41, 5.74) is 5.76. The molecule has 0 bridgehead atoms. The van der Waals surface area contributed by atoms with Crippen molar-refractivity contribution in [1.82, 2.24) is 10.2 Å². The van der Waals surface area contributed by atoms with E-state index in [4.69, 9.17) is 5.73 Å². The molecule has 1 heterocycles. The molecule has 9 heavy (non-hydrogen) atoms. The summed E-state index contributed by atoms with van der Waals surface area (Å²) in [5.74, 6) is 0. The maximum absolute atomic E-state index is 10.5. The van der Waals surface area contributed by atoms with Gasteiger partial charge in [-0.25, -0.2) is 5.10 Å². The minimum atomic E-state index is -0.210. The molecule has 0 radical (unpaired) electrons. The second-order valence-electron chi connectivity index (χ2n) is 1.66. The summed E-state index contributed by atoms with van der Waals surface area (Å²) in [6.45, 7) is 0.358. The van der Waals surface area contributed by atoms with Gasteiger partial charge >= 0.3 is 0 Å². The van der Waals surface area contributed by atoms with Gasteiger partial charge in [0.2, 0.25) is 0 Å². The number of nitrogens with two attached hydrogens (primary N) is 1. The van der Waals surface area contributed by atoms with Crippen molar-refractivity contribution in [3.63, 3.8) is 0 Å². The van der Waals surface area contributed by atoms with Gasteiger partial charge in [-0.2, -0.15) is 5.10 Å². The molecule has 0 spiro atoms. The van der Waals surface area contributed by atoms with Crippen LogP contribution in [0.2, 0.25) is 0 Å². The van der Waals surface area contributed by atoms with Crippen LogP contribution in [-0.4, -0.2) is 10.2 Å². The Morgan fingerprint density at radius 2 is 2.56 bits per heavy atom. The van der Waals surface area contributed by atoms with E-state index >= 15 is 0 Å². The Bertz CT molecular complexity index is 242. The Balaban J connectivity index is 3.08. The van der Waals surface area contributed by atoms with Crippen molar-refractivity contribution in [2.75, 3.05) is 0 Å². The van der Waals surface area contributed by atoms with Gasteiger partial charge in [-0.1, -0.05) is 0 Å². The summed E-state index contributed by atoms with van der Waals surface area (Å²) in [7, 11) is 0. The second kappa shape index (κ2) is 2.41. The first-order valence-electron chi connectivity index (χ1n) is 2.56. The lowest BCUT2D eigenvalue weighted by atomic mass is 10.3. The van der Waals surface area contributed by atoms with Gasteiger partial charge in [-0.3, -0.25) is 4.79 Å². The minimum absolute atomic E-state index is 0.210. The third-order valence-electron chi connectivity index (χ3n) is 0.957. The van der Waals surface area contributed by atoms with E-state index in [0.717, 1.165) is 5.56 Å². The molecule has 4 nitrogen and oxygen atoms in total. The van der Waals surface area contributed by atoms with Crippen LogP contribution in [0.4, 0.5) is 0 Å². The van der Waals surface area contributed by atoms with Gasteiger partial charge in [0.15, 0.2) is 0 Å². The average molecular weight is 125 g/mol. The van der Waals surface area contributed by atoms with E-state index in [1.807, 2.05) is 0 Å². The Hall–Kier alpha value is -1.16. The van der Waals surface area contributed by atoms with Gasteiger partial charge in [0.25, 0.3) is 5.56 Å². The molecular weight excluding hydrogens is 118 g/mol. The van der Waals surface area contributed by atoms with E-state index in [-0.39, 0.29) is 5.56 Å². The van der Waals surface area contributed by atoms with E-state index in [9.17, 15) is 4.79 Å². The molecular formula is C5H7N3O. The van der Waals surface area contributed by atoms with Crippen LogP contribution in [0.3, 0.4) is 0 Å². The largest absolute Gasteiger partial charge is 0.326 e. The van der Waals surface area contributed by atoms with Crippen LogP contribution in [0.1, 0.15) is 5.56 Å². The number of nitrogens with one attached hydrogen (secondary N) is 1. The topological polar surface area (TPSA) is 71.8 Å². The normalized spacial score (nSPS) is 9.44. The first-order chi connectivity index (χ1) is 4.33. The molecule has 48 valence electrons. The number of H-pyrrole nitrogens is 1. The van der Waals surface area contributed by atoms with Crippen molar-refractivity contribution in [3.8, 4) is 0 Å². The molecule has 0 amide bonds. The Kier molecular flexibility index (Phi) is 1.60. The fraction of sp³-hybridized carbons (Fsp3) is 0.200. The summed E-state index contributed by atoms with van der Waals surface area (Å²) in [4.78, 5) is 10.5. The van der Waals surface area contributed by atoms with Crippen LogP contribution >= 0.6 is 0 Å². The third kappa shape index (κ3) is 1.36. The van der Waals surface area contributed by atoms with E-state index < -0.39 is 0 Å². The van der Waals surface area contributed by atoms with Crippen LogP contribution in [-0.2, 0) is 6.54 Å². The molecule has 3 N–H and O–H groups in total. The molecule has 1 aromatic heterocycles. The molecule has 0 saturated carbocycles. The summed E-state index contributed by atoms with van der Waals surface area (Å²) in [6, 6.07) is 1.42. The number of nitrogens with zero attached hydrogens (tertiary/aromatic N) is 1. The molecule has 0 aliphatic heterocycles. The monoisotopic (exact) mass is 125 g/mol. The zero-order valence-electron chi connectivity index (χ0n) is 4.79. The summed E-state index contributed by atoms with van der Waals surface area (Å²) < 4.78 is 0. The molecule has 0 aliphatic rings. The maximum atomic E-state index is 10.5. The molecule has 1 aromatic rings. The first-order valence-corrected chi connectivity index (χ1v) is 2.56. The van der Waals surface area contributed by atoms with Gasteiger partial charge in [-0.05, 0) is 5.56 Å². The molecule has 4 heteroatoms. The number of aromatic nitrogens is 2. The van der Waals surface area contributed by atoms with Crippen molar-refractivity contribution in [3.05, 3.63) is 28.2 Å². The summed E-state index contributed by atoms with van der Waals surface area (Å²) in [6.07, 6.45) is 1.53. The smallest absolute Gasteiger partial charge is 0.264 e.